The number of aromatic nitrogens is 2. The Morgan fingerprint density at radius 2 is 1.86 bits per heavy atom. The van der Waals surface area contributed by atoms with Gasteiger partial charge in [0.2, 0.25) is 0 Å². The molecular formula is C18H17N3. The van der Waals surface area contributed by atoms with E-state index < -0.39 is 0 Å². The van der Waals surface area contributed by atoms with E-state index in [4.69, 9.17) is 0 Å². The molecule has 3 heteroatoms. The second kappa shape index (κ2) is 5.19. The van der Waals surface area contributed by atoms with Crippen molar-refractivity contribution in [3.63, 3.8) is 0 Å². The van der Waals surface area contributed by atoms with Crippen LogP contribution in [0.25, 0.3) is 27.6 Å². The summed E-state index contributed by atoms with van der Waals surface area (Å²) in [4.78, 5) is 0. The lowest BCUT2D eigenvalue weighted by Gasteiger charge is -2.12. The Balaban J connectivity index is 1.85. The van der Waals surface area contributed by atoms with Crippen molar-refractivity contribution in [2.45, 2.75) is 6.42 Å². The normalized spacial score (nSPS) is 15.1. The van der Waals surface area contributed by atoms with Gasteiger partial charge in [0.1, 0.15) is 0 Å². The summed E-state index contributed by atoms with van der Waals surface area (Å²) >= 11 is 0. The first-order chi connectivity index (χ1) is 10.4. The summed E-state index contributed by atoms with van der Waals surface area (Å²) in [5, 5.41) is 12.3. The zero-order valence-electron chi connectivity index (χ0n) is 11.8. The molecule has 1 aliphatic heterocycles. The van der Waals surface area contributed by atoms with Crippen LogP contribution in [0.3, 0.4) is 0 Å². The minimum Gasteiger partial charge on any atom is -0.312 e. The highest BCUT2D eigenvalue weighted by atomic mass is 15.1. The summed E-state index contributed by atoms with van der Waals surface area (Å²) in [5.41, 5.74) is 5.93. The van der Waals surface area contributed by atoms with Gasteiger partial charge in [-0.25, -0.2) is 0 Å². The summed E-state index contributed by atoms with van der Waals surface area (Å²) in [6, 6.07) is 17.0. The molecule has 21 heavy (non-hydrogen) atoms. The second-order valence-corrected chi connectivity index (χ2v) is 5.39. The summed E-state index contributed by atoms with van der Waals surface area (Å²) < 4.78 is 0. The third kappa shape index (κ3) is 2.26. The Kier molecular flexibility index (Phi) is 3.05. The Labute approximate surface area is 123 Å². The Morgan fingerprint density at radius 3 is 2.67 bits per heavy atom. The van der Waals surface area contributed by atoms with Crippen LogP contribution in [0.1, 0.15) is 12.1 Å². The highest BCUT2D eigenvalue weighted by Gasteiger charge is 2.13. The molecule has 0 saturated carbocycles. The number of H-pyrrole nitrogens is 1. The van der Waals surface area contributed by atoms with Gasteiger partial charge in [0, 0.05) is 11.9 Å². The van der Waals surface area contributed by atoms with E-state index in [1.807, 2.05) is 6.07 Å². The van der Waals surface area contributed by atoms with Crippen molar-refractivity contribution in [1.82, 2.24) is 15.5 Å². The van der Waals surface area contributed by atoms with Gasteiger partial charge in [-0.05, 0) is 41.8 Å². The fourth-order valence-corrected chi connectivity index (χ4v) is 2.89. The number of nitrogens with one attached hydrogen (secondary N) is 2. The molecule has 0 bridgehead atoms. The molecule has 2 heterocycles. The van der Waals surface area contributed by atoms with Crippen molar-refractivity contribution in [1.29, 1.82) is 0 Å². The van der Waals surface area contributed by atoms with Crippen LogP contribution in [0.5, 0.6) is 0 Å². The average molecular weight is 275 g/mol. The maximum Gasteiger partial charge on any atom is 0.0969 e. The smallest absolute Gasteiger partial charge is 0.0969 e. The van der Waals surface area contributed by atoms with Gasteiger partial charge in [-0.1, -0.05) is 42.5 Å². The molecular weight excluding hydrogens is 258 g/mol. The van der Waals surface area contributed by atoms with Crippen molar-refractivity contribution in [2.75, 3.05) is 13.1 Å². The quantitative estimate of drug-likeness (QED) is 0.750. The van der Waals surface area contributed by atoms with Crippen LogP contribution < -0.4 is 5.32 Å². The molecule has 0 amide bonds. The van der Waals surface area contributed by atoms with E-state index in [0.29, 0.717) is 0 Å². The number of rotatable bonds is 2. The molecule has 1 aromatic heterocycles. The van der Waals surface area contributed by atoms with E-state index in [1.54, 1.807) is 0 Å². The molecule has 0 unspecified atom stereocenters. The molecule has 2 N–H and O–H groups in total. The molecule has 0 fully saturated rings. The molecule has 0 radical (unpaired) electrons. The first kappa shape index (κ1) is 12.4. The lowest BCUT2D eigenvalue weighted by atomic mass is 10.00. The summed E-state index contributed by atoms with van der Waals surface area (Å²) in [5.74, 6) is 0. The van der Waals surface area contributed by atoms with Gasteiger partial charge in [0.25, 0.3) is 0 Å². The fraction of sp³-hybridized carbons (Fsp3) is 0.167. The molecule has 1 aliphatic rings. The largest absolute Gasteiger partial charge is 0.312 e. The van der Waals surface area contributed by atoms with Gasteiger partial charge >= 0.3 is 0 Å². The van der Waals surface area contributed by atoms with Gasteiger partial charge in [-0.2, -0.15) is 5.10 Å². The van der Waals surface area contributed by atoms with Crippen LogP contribution in [0.2, 0.25) is 0 Å². The predicted molar refractivity (Wildman–Crippen MR) is 87.0 cm³/mol. The highest BCUT2D eigenvalue weighted by Crippen LogP contribution is 2.28. The SMILES string of the molecule is C1=C(c2n[nH]c3ccc(-c4ccccc4)cc23)CNCC1. The number of nitrogens with zero attached hydrogens (tertiary/aromatic N) is 1. The van der Waals surface area contributed by atoms with Crippen molar-refractivity contribution in [3.8, 4) is 11.1 Å². The molecule has 0 saturated heterocycles. The molecule has 4 rings (SSSR count). The van der Waals surface area contributed by atoms with Crippen LogP contribution in [0.4, 0.5) is 0 Å². The Hall–Kier alpha value is -2.39. The molecule has 0 aliphatic carbocycles. The Bertz CT molecular complexity index is 800. The van der Waals surface area contributed by atoms with E-state index >= 15 is 0 Å². The van der Waals surface area contributed by atoms with Crippen LogP contribution in [-0.2, 0) is 0 Å². The highest BCUT2D eigenvalue weighted by molar-refractivity contribution is 5.93. The lowest BCUT2D eigenvalue weighted by Crippen LogP contribution is -2.21. The number of benzene rings is 2. The molecule has 0 atom stereocenters. The summed E-state index contributed by atoms with van der Waals surface area (Å²) in [7, 11) is 0. The summed E-state index contributed by atoms with van der Waals surface area (Å²) in [6.45, 7) is 1.95. The number of hydrogen-bond donors (Lipinski definition) is 2. The van der Waals surface area contributed by atoms with E-state index in [0.717, 1.165) is 30.7 Å². The monoisotopic (exact) mass is 275 g/mol. The number of fused-ring (bicyclic) bond motifs is 1. The van der Waals surface area contributed by atoms with Crippen LogP contribution >= 0.6 is 0 Å². The molecule has 2 aromatic carbocycles. The predicted octanol–water partition coefficient (Wildman–Crippen LogP) is 3.61. The third-order valence-electron chi connectivity index (χ3n) is 4.00. The van der Waals surface area contributed by atoms with Crippen molar-refractivity contribution in [2.24, 2.45) is 0 Å². The van der Waals surface area contributed by atoms with E-state index in [1.165, 1.54) is 22.1 Å². The zero-order valence-corrected chi connectivity index (χ0v) is 11.8. The van der Waals surface area contributed by atoms with Gasteiger partial charge < -0.3 is 5.32 Å². The van der Waals surface area contributed by atoms with Gasteiger partial charge in [0.05, 0.1) is 11.2 Å². The maximum atomic E-state index is 4.52. The molecule has 3 nitrogen and oxygen atoms in total. The molecule has 0 spiro atoms. The first-order valence-electron chi connectivity index (χ1n) is 7.35. The minimum absolute atomic E-state index is 0.898. The standard InChI is InChI=1S/C18H17N3/c1-2-5-13(6-3-1)14-8-9-17-16(11-14)18(21-20-17)15-7-4-10-19-12-15/h1-3,5-9,11,19H,4,10,12H2,(H,20,21). The van der Waals surface area contributed by atoms with Crippen molar-refractivity contribution < 1.29 is 0 Å². The number of hydrogen-bond acceptors (Lipinski definition) is 2. The maximum absolute atomic E-state index is 4.52. The van der Waals surface area contributed by atoms with Crippen molar-refractivity contribution in [3.05, 3.63) is 60.3 Å². The fourth-order valence-electron chi connectivity index (χ4n) is 2.89. The van der Waals surface area contributed by atoms with Crippen molar-refractivity contribution >= 4 is 16.5 Å². The topological polar surface area (TPSA) is 40.7 Å². The first-order valence-corrected chi connectivity index (χ1v) is 7.35. The van der Waals surface area contributed by atoms with E-state index in [2.05, 4.69) is 64.1 Å². The van der Waals surface area contributed by atoms with Crippen LogP contribution in [-0.4, -0.2) is 23.3 Å². The van der Waals surface area contributed by atoms with Crippen LogP contribution in [0.15, 0.2) is 54.6 Å². The van der Waals surface area contributed by atoms with Gasteiger partial charge in [-0.3, -0.25) is 5.10 Å². The molecule has 104 valence electrons. The van der Waals surface area contributed by atoms with E-state index in [-0.39, 0.29) is 0 Å². The molecule has 3 aromatic rings. The lowest BCUT2D eigenvalue weighted by molar-refractivity contribution is 0.737. The van der Waals surface area contributed by atoms with Gasteiger partial charge in [-0.15, -0.1) is 0 Å². The Morgan fingerprint density at radius 1 is 0.952 bits per heavy atom. The zero-order chi connectivity index (χ0) is 14.1. The second-order valence-electron chi connectivity index (χ2n) is 5.39. The van der Waals surface area contributed by atoms with E-state index in [9.17, 15) is 0 Å². The number of aromatic amines is 1. The minimum atomic E-state index is 0.898. The van der Waals surface area contributed by atoms with Gasteiger partial charge in [0.15, 0.2) is 0 Å². The average Bonchev–Trinajstić information content (AvgIpc) is 2.99. The van der Waals surface area contributed by atoms with Crippen LogP contribution in [0, 0.1) is 0 Å². The summed E-state index contributed by atoms with van der Waals surface area (Å²) in [6.07, 6.45) is 3.36. The third-order valence-corrected chi connectivity index (χ3v) is 4.00.